The fourth-order valence-electron chi connectivity index (χ4n) is 1.87. The molecule has 0 fully saturated rings. The van der Waals surface area contributed by atoms with Crippen LogP contribution < -0.4 is 10.5 Å². The molecule has 0 aliphatic heterocycles. The van der Waals surface area contributed by atoms with Crippen LogP contribution in [-0.2, 0) is 6.54 Å². The maximum absolute atomic E-state index is 5.62. The van der Waals surface area contributed by atoms with Gasteiger partial charge in [0.1, 0.15) is 11.5 Å². The van der Waals surface area contributed by atoms with Gasteiger partial charge in [-0.25, -0.2) is 4.98 Å². The van der Waals surface area contributed by atoms with Crippen molar-refractivity contribution in [2.45, 2.75) is 13.5 Å². The van der Waals surface area contributed by atoms with Crippen molar-refractivity contribution in [2.75, 3.05) is 6.61 Å². The molecule has 0 aliphatic carbocycles. The predicted molar refractivity (Wildman–Crippen MR) is 76.4 cm³/mol. The molecule has 5 heteroatoms. The molecule has 98 valence electrons. The monoisotopic (exact) mass is 274 g/mol. The Morgan fingerprint density at radius 1 is 1.32 bits per heavy atom. The second kappa shape index (κ2) is 5.03. The van der Waals surface area contributed by atoms with Crippen LogP contribution in [0.1, 0.15) is 12.7 Å². The van der Waals surface area contributed by atoms with Gasteiger partial charge in [0.2, 0.25) is 0 Å². The van der Waals surface area contributed by atoms with Crippen LogP contribution in [-0.4, -0.2) is 11.6 Å². The average Bonchev–Trinajstić information content (AvgIpc) is 3.04. The smallest absolute Gasteiger partial charge is 0.163 e. The number of hydrogen-bond donors (Lipinski definition) is 1. The van der Waals surface area contributed by atoms with E-state index in [1.165, 1.54) is 0 Å². The fraction of sp³-hybridized carbons (Fsp3) is 0.214. The number of fused-ring (bicyclic) bond motifs is 1. The number of nitrogens with zero attached hydrogens (tertiary/aromatic N) is 1. The number of aromatic nitrogens is 1. The molecule has 0 atom stereocenters. The molecule has 0 aliphatic rings. The number of thiazole rings is 1. The van der Waals surface area contributed by atoms with Crippen molar-refractivity contribution < 1.29 is 9.15 Å². The largest absolute Gasteiger partial charge is 0.494 e. The molecular weight excluding hydrogens is 260 g/mol. The molecule has 2 aromatic heterocycles. The Labute approximate surface area is 114 Å². The molecule has 4 nitrogen and oxygen atoms in total. The molecule has 0 bridgehead atoms. The van der Waals surface area contributed by atoms with Crippen molar-refractivity contribution >= 4 is 21.6 Å². The summed E-state index contributed by atoms with van der Waals surface area (Å²) in [7, 11) is 0. The molecule has 0 unspecified atom stereocenters. The van der Waals surface area contributed by atoms with Crippen LogP contribution in [0.2, 0.25) is 0 Å². The second-order valence-corrected chi connectivity index (χ2v) is 5.08. The second-order valence-electron chi connectivity index (χ2n) is 4.05. The summed E-state index contributed by atoms with van der Waals surface area (Å²) in [6, 6.07) is 9.69. The van der Waals surface area contributed by atoms with Crippen LogP contribution in [0.5, 0.6) is 5.75 Å². The average molecular weight is 274 g/mol. The van der Waals surface area contributed by atoms with Crippen LogP contribution in [0.3, 0.4) is 0 Å². The van der Waals surface area contributed by atoms with Crippen LogP contribution >= 0.6 is 11.3 Å². The zero-order chi connectivity index (χ0) is 13.2. The Bertz CT molecular complexity index is 702. The van der Waals surface area contributed by atoms with Crippen molar-refractivity contribution in [2.24, 2.45) is 5.73 Å². The maximum Gasteiger partial charge on any atom is 0.163 e. The van der Waals surface area contributed by atoms with Crippen LogP contribution in [0.25, 0.3) is 21.0 Å². The third-order valence-electron chi connectivity index (χ3n) is 2.74. The Morgan fingerprint density at radius 3 is 2.95 bits per heavy atom. The van der Waals surface area contributed by atoms with Gasteiger partial charge in [-0.1, -0.05) is 0 Å². The molecule has 2 N–H and O–H groups in total. The minimum atomic E-state index is 0.402. The van der Waals surface area contributed by atoms with Crippen LogP contribution in [0.15, 0.2) is 34.7 Å². The summed E-state index contributed by atoms with van der Waals surface area (Å²) in [4.78, 5) is 4.56. The highest BCUT2D eigenvalue weighted by Gasteiger charge is 2.10. The van der Waals surface area contributed by atoms with Gasteiger partial charge in [-0.2, -0.15) is 0 Å². The lowest BCUT2D eigenvalue weighted by molar-refractivity contribution is 0.341. The number of nitrogens with two attached hydrogens (primary N) is 1. The van der Waals surface area contributed by atoms with E-state index in [9.17, 15) is 0 Å². The summed E-state index contributed by atoms with van der Waals surface area (Å²) in [6.07, 6.45) is 0. The molecule has 0 spiro atoms. The maximum atomic E-state index is 5.62. The van der Waals surface area contributed by atoms with E-state index in [1.54, 1.807) is 11.3 Å². The Hall–Kier alpha value is -1.85. The van der Waals surface area contributed by atoms with Gasteiger partial charge < -0.3 is 14.9 Å². The zero-order valence-electron chi connectivity index (χ0n) is 10.6. The molecule has 0 amide bonds. The van der Waals surface area contributed by atoms with E-state index in [0.29, 0.717) is 13.2 Å². The van der Waals surface area contributed by atoms with E-state index in [0.717, 1.165) is 32.5 Å². The highest BCUT2D eigenvalue weighted by Crippen LogP contribution is 2.33. The van der Waals surface area contributed by atoms with Gasteiger partial charge >= 0.3 is 0 Å². The highest BCUT2D eigenvalue weighted by atomic mass is 32.1. The molecule has 0 saturated heterocycles. The first-order valence-corrected chi connectivity index (χ1v) is 6.94. The molecule has 3 rings (SSSR count). The van der Waals surface area contributed by atoms with E-state index in [4.69, 9.17) is 14.9 Å². The Balaban J connectivity index is 2.00. The lowest BCUT2D eigenvalue weighted by atomic mass is 10.3. The van der Waals surface area contributed by atoms with Crippen molar-refractivity contribution in [3.05, 3.63) is 36.1 Å². The van der Waals surface area contributed by atoms with Gasteiger partial charge in [0, 0.05) is 0 Å². The van der Waals surface area contributed by atoms with Crippen LogP contribution in [0, 0.1) is 0 Å². The minimum Gasteiger partial charge on any atom is -0.494 e. The van der Waals surface area contributed by atoms with Gasteiger partial charge in [-0.05, 0) is 37.3 Å². The quantitative estimate of drug-likeness (QED) is 0.792. The fourth-order valence-corrected chi connectivity index (χ4v) is 2.83. The summed E-state index contributed by atoms with van der Waals surface area (Å²) in [6.45, 7) is 3.04. The minimum absolute atomic E-state index is 0.402. The molecule has 3 aromatic rings. The summed E-state index contributed by atoms with van der Waals surface area (Å²) in [5.41, 5.74) is 6.50. The van der Waals surface area contributed by atoms with Gasteiger partial charge in [0.25, 0.3) is 0 Å². The van der Waals surface area contributed by atoms with Gasteiger partial charge in [0.05, 0.1) is 23.4 Å². The first-order valence-electron chi connectivity index (χ1n) is 6.12. The predicted octanol–water partition coefficient (Wildman–Crippen LogP) is 3.41. The van der Waals surface area contributed by atoms with Crippen molar-refractivity contribution in [3.63, 3.8) is 0 Å². The van der Waals surface area contributed by atoms with Gasteiger partial charge in [0.15, 0.2) is 10.8 Å². The zero-order valence-corrected chi connectivity index (χ0v) is 11.4. The lowest BCUT2D eigenvalue weighted by Gasteiger charge is -2.00. The lowest BCUT2D eigenvalue weighted by Crippen LogP contribution is -1.92. The normalized spacial score (nSPS) is 11.1. The highest BCUT2D eigenvalue weighted by molar-refractivity contribution is 7.21. The van der Waals surface area contributed by atoms with E-state index >= 15 is 0 Å². The molecular formula is C14H14N2O2S. The molecule has 19 heavy (non-hydrogen) atoms. The van der Waals surface area contributed by atoms with Gasteiger partial charge in [-0.3, -0.25) is 0 Å². The molecule has 2 heterocycles. The summed E-state index contributed by atoms with van der Waals surface area (Å²) >= 11 is 1.59. The van der Waals surface area contributed by atoms with Crippen molar-refractivity contribution in [1.29, 1.82) is 0 Å². The van der Waals surface area contributed by atoms with Crippen molar-refractivity contribution in [1.82, 2.24) is 4.98 Å². The summed E-state index contributed by atoms with van der Waals surface area (Å²) < 4.78 is 12.2. The number of rotatable bonds is 4. The standard InChI is InChI=1S/C14H14N2O2S/c1-2-17-9-3-5-11-13(7-9)19-14(16-11)12-6-4-10(8-15)18-12/h3-7H,2,8,15H2,1H3. The first kappa shape index (κ1) is 12.2. The SMILES string of the molecule is CCOc1ccc2nc(-c3ccc(CN)o3)sc2c1. The molecule has 0 radical (unpaired) electrons. The van der Waals surface area contributed by atoms with E-state index in [1.807, 2.05) is 37.3 Å². The Kier molecular flexibility index (Phi) is 3.23. The van der Waals surface area contributed by atoms with Crippen molar-refractivity contribution in [3.8, 4) is 16.5 Å². The first-order chi connectivity index (χ1) is 9.30. The Morgan fingerprint density at radius 2 is 2.21 bits per heavy atom. The van der Waals surface area contributed by atoms with Gasteiger partial charge in [-0.15, -0.1) is 11.3 Å². The number of furan rings is 1. The third-order valence-corrected chi connectivity index (χ3v) is 3.78. The third kappa shape index (κ3) is 2.34. The topological polar surface area (TPSA) is 61.3 Å². The molecule has 1 aromatic carbocycles. The van der Waals surface area contributed by atoms with Crippen LogP contribution in [0.4, 0.5) is 0 Å². The number of hydrogen-bond acceptors (Lipinski definition) is 5. The van der Waals surface area contributed by atoms with E-state index in [2.05, 4.69) is 4.98 Å². The van der Waals surface area contributed by atoms with E-state index < -0.39 is 0 Å². The van der Waals surface area contributed by atoms with E-state index in [-0.39, 0.29) is 0 Å². The number of benzene rings is 1. The number of ether oxygens (including phenoxy) is 1. The summed E-state index contributed by atoms with van der Waals surface area (Å²) in [5, 5.41) is 0.864. The molecule has 0 saturated carbocycles. The summed E-state index contributed by atoms with van der Waals surface area (Å²) in [5.74, 6) is 2.40.